The number of nitrogens with zero attached hydrogens (tertiary/aromatic N) is 1. The zero-order valence-electron chi connectivity index (χ0n) is 14.1. The van der Waals surface area contributed by atoms with Gasteiger partial charge in [0.25, 0.3) is 0 Å². The van der Waals surface area contributed by atoms with Crippen molar-refractivity contribution in [2.75, 3.05) is 18.4 Å². The van der Waals surface area contributed by atoms with Crippen molar-refractivity contribution in [1.82, 2.24) is 10.3 Å². The summed E-state index contributed by atoms with van der Waals surface area (Å²) in [6.45, 7) is 2.02. The van der Waals surface area contributed by atoms with Crippen LogP contribution in [0.4, 0.5) is 10.1 Å². The van der Waals surface area contributed by atoms with Crippen molar-refractivity contribution < 1.29 is 9.50 Å². The van der Waals surface area contributed by atoms with Crippen LogP contribution in [-0.4, -0.2) is 29.2 Å². The molecule has 1 aliphatic rings. The summed E-state index contributed by atoms with van der Waals surface area (Å²) >= 11 is 5.93. The summed E-state index contributed by atoms with van der Waals surface area (Å²) in [6.07, 6.45) is 3.94. The summed E-state index contributed by atoms with van der Waals surface area (Å²) < 4.78 is 13.9. The fourth-order valence-corrected chi connectivity index (χ4v) is 3.58. The van der Waals surface area contributed by atoms with Crippen LogP contribution in [0.2, 0.25) is 5.02 Å². The van der Waals surface area contributed by atoms with Gasteiger partial charge in [0, 0.05) is 23.3 Å². The Morgan fingerprint density at radius 2 is 1.92 bits per heavy atom. The maximum atomic E-state index is 13.9. The van der Waals surface area contributed by atoms with Crippen LogP contribution in [-0.2, 0) is 0 Å². The predicted octanol–water partition coefficient (Wildman–Crippen LogP) is 4.56. The van der Waals surface area contributed by atoms with Gasteiger partial charge >= 0.3 is 0 Å². The van der Waals surface area contributed by atoms with E-state index in [0.29, 0.717) is 11.6 Å². The second-order valence-corrected chi connectivity index (χ2v) is 6.95. The smallest absolute Gasteiger partial charge is 0.170 e. The van der Waals surface area contributed by atoms with Gasteiger partial charge in [-0.2, -0.15) is 0 Å². The van der Waals surface area contributed by atoms with Gasteiger partial charge in [-0.15, -0.1) is 0 Å². The molecule has 0 radical (unpaired) electrons. The molecule has 0 bridgehead atoms. The molecule has 0 atom stereocenters. The molecule has 0 unspecified atom stereocenters. The molecule has 3 N–H and O–H groups in total. The summed E-state index contributed by atoms with van der Waals surface area (Å²) in [7, 11) is 0. The van der Waals surface area contributed by atoms with E-state index in [4.69, 9.17) is 11.6 Å². The summed E-state index contributed by atoms with van der Waals surface area (Å²) in [6, 6.07) is 11.0. The highest BCUT2D eigenvalue weighted by atomic mass is 35.5. The molecule has 0 aliphatic carbocycles. The van der Waals surface area contributed by atoms with Gasteiger partial charge in [-0.05, 0) is 67.4 Å². The Morgan fingerprint density at radius 1 is 1.12 bits per heavy atom. The van der Waals surface area contributed by atoms with Gasteiger partial charge < -0.3 is 15.7 Å². The third-order valence-electron chi connectivity index (χ3n) is 4.79. The van der Waals surface area contributed by atoms with Crippen LogP contribution < -0.4 is 10.6 Å². The molecule has 0 spiro atoms. The molecular formula is C20H19ClFN3O. The van der Waals surface area contributed by atoms with Gasteiger partial charge in [0.1, 0.15) is 0 Å². The lowest BCUT2D eigenvalue weighted by atomic mass is 10.0. The lowest BCUT2D eigenvalue weighted by molar-refractivity contribution is 0.433. The van der Waals surface area contributed by atoms with E-state index in [-0.39, 0.29) is 5.02 Å². The first-order valence-corrected chi connectivity index (χ1v) is 9.04. The minimum Gasteiger partial charge on any atom is -0.504 e. The largest absolute Gasteiger partial charge is 0.504 e. The predicted molar refractivity (Wildman–Crippen MR) is 103 cm³/mol. The van der Waals surface area contributed by atoms with Crippen molar-refractivity contribution in [1.29, 1.82) is 0 Å². The molecule has 2 aromatic carbocycles. The van der Waals surface area contributed by atoms with Gasteiger partial charge in [0.05, 0.1) is 10.5 Å². The minimum atomic E-state index is -0.730. The standard InChI is InChI=1S/C20H19ClFN3O/c21-16-10-13(11-17(22)20(16)26)12-1-2-18-15(9-12)19(5-8-24-18)25-14-3-6-23-7-4-14/h1-2,5,8-11,14,23,26H,3-4,6-7H2,(H,24,25). The number of rotatable bonds is 3. The highest BCUT2D eigenvalue weighted by Crippen LogP contribution is 2.34. The summed E-state index contributed by atoms with van der Waals surface area (Å²) in [4.78, 5) is 4.43. The van der Waals surface area contributed by atoms with E-state index in [9.17, 15) is 9.50 Å². The van der Waals surface area contributed by atoms with Crippen molar-refractivity contribution in [3.63, 3.8) is 0 Å². The normalized spacial score (nSPS) is 15.3. The molecule has 0 saturated carbocycles. The zero-order valence-corrected chi connectivity index (χ0v) is 14.9. The second-order valence-electron chi connectivity index (χ2n) is 6.55. The Morgan fingerprint density at radius 3 is 2.69 bits per heavy atom. The molecule has 26 heavy (non-hydrogen) atoms. The number of phenolic OH excluding ortho intramolecular Hbond substituents is 1. The van der Waals surface area contributed by atoms with Crippen molar-refractivity contribution in [3.05, 3.63) is 53.4 Å². The van der Waals surface area contributed by atoms with E-state index < -0.39 is 11.6 Å². The monoisotopic (exact) mass is 371 g/mol. The first kappa shape index (κ1) is 17.1. The van der Waals surface area contributed by atoms with Crippen LogP contribution in [0.3, 0.4) is 0 Å². The number of fused-ring (bicyclic) bond motifs is 1. The summed E-state index contributed by atoms with van der Waals surface area (Å²) in [5.74, 6) is -1.25. The number of hydrogen-bond acceptors (Lipinski definition) is 4. The number of aromatic hydroxyl groups is 1. The molecule has 4 nitrogen and oxygen atoms in total. The first-order chi connectivity index (χ1) is 12.6. The lowest BCUT2D eigenvalue weighted by Crippen LogP contribution is -2.35. The van der Waals surface area contributed by atoms with E-state index in [2.05, 4.69) is 15.6 Å². The summed E-state index contributed by atoms with van der Waals surface area (Å²) in [5.41, 5.74) is 3.33. The Bertz CT molecular complexity index is 934. The third-order valence-corrected chi connectivity index (χ3v) is 5.08. The molecule has 1 aliphatic heterocycles. The minimum absolute atomic E-state index is 0.000613. The van der Waals surface area contributed by atoms with E-state index in [1.54, 1.807) is 12.3 Å². The SMILES string of the molecule is Oc1c(F)cc(-c2ccc3nccc(NC4CCNCC4)c3c2)cc1Cl. The Hall–Kier alpha value is -2.37. The topological polar surface area (TPSA) is 57.2 Å². The number of aromatic nitrogens is 1. The number of phenols is 1. The van der Waals surface area contributed by atoms with Gasteiger partial charge in [-0.1, -0.05) is 17.7 Å². The van der Waals surface area contributed by atoms with Crippen LogP contribution in [0.25, 0.3) is 22.0 Å². The van der Waals surface area contributed by atoms with Gasteiger partial charge in [0.15, 0.2) is 11.6 Å². The Balaban J connectivity index is 1.75. The highest BCUT2D eigenvalue weighted by molar-refractivity contribution is 6.32. The zero-order chi connectivity index (χ0) is 18.1. The number of piperidine rings is 1. The summed E-state index contributed by atoms with van der Waals surface area (Å²) in [5, 5.41) is 17.5. The van der Waals surface area contributed by atoms with Crippen LogP contribution in [0.15, 0.2) is 42.6 Å². The molecule has 6 heteroatoms. The maximum absolute atomic E-state index is 13.9. The van der Waals surface area contributed by atoms with E-state index >= 15 is 0 Å². The molecule has 2 heterocycles. The van der Waals surface area contributed by atoms with Gasteiger partial charge in [0.2, 0.25) is 0 Å². The third kappa shape index (κ3) is 3.32. The first-order valence-electron chi connectivity index (χ1n) is 8.66. The van der Waals surface area contributed by atoms with Crippen molar-refractivity contribution in [2.24, 2.45) is 0 Å². The molecular weight excluding hydrogens is 353 g/mol. The van der Waals surface area contributed by atoms with Gasteiger partial charge in [-0.25, -0.2) is 4.39 Å². The number of anilines is 1. The highest BCUT2D eigenvalue weighted by Gasteiger charge is 2.15. The Labute approximate surface area is 156 Å². The van der Waals surface area contributed by atoms with Crippen LogP contribution in [0.5, 0.6) is 5.75 Å². The van der Waals surface area contributed by atoms with E-state index in [0.717, 1.165) is 48.1 Å². The number of nitrogens with one attached hydrogen (secondary N) is 2. The van der Waals surface area contributed by atoms with Crippen LogP contribution >= 0.6 is 11.6 Å². The molecule has 3 aromatic rings. The van der Waals surface area contributed by atoms with Crippen LogP contribution in [0, 0.1) is 5.82 Å². The fraction of sp³-hybridized carbons (Fsp3) is 0.250. The van der Waals surface area contributed by atoms with Crippen molar-refractivity contribution >= 4 is 28.2 Å². The molecule has 1 aromatic heterocycles. The number of hydrogen-bond donors (Lipinski definition) is 3. The van der Waals surface area contributed by atoms with Crippen LogP contribution in [0.1, 0.15) is 12.8 Å². The average Bonchev–Trinajstić information content (AvgIpc) is 2.66. The Kier molecular flexibility index (Phi) is 4.66. The fourth-order valence-electron chi connectivity index (χ4n) is 3.37. The average molecular weight is 372 g/mol. The lowest BCUT2D eigenvalue weighted by Gasteiger charge is -2.25. The number of halogens is 2. The second kappa shape index (κ2) is 7.09. The van der Waals surface area contributed by atoms with Crippen molar-refractivity contribution in [2.45, 2.75) is 18.9 Å². The van der Waals surface area contributed by atoms with E-state index in [1.165, 1.54) is 6.07 Å². The molecule has 4 rings (SSSR count). The van der Waals surface area contributed by atoms with Crippen molar-refractivity contribution in [3.8, 4) is 16.9 Å². The number of pyridine rings is 1. The molecule has 134 valence electrons. The quantitative estimate of drug-likeness (QED) is 0.631. The van der Waals surface area contributed by atoms with E-state index in [1.807, 2.05) is 24.3 Å². The van der Waals surface area contributed by atoms with Gasteiger partial charge in [-0.3, -0.25) is 4.98 Å². The maximum Gasteiger partial charge on any atom is 0.170 e. The molecule has 0 amide bonds. The molecule has 1 saturated heterocycles. The number of benzene rings is 2. The molecule has 1 fully saturated rings.